The van der Waals surface area contributed by atoms with Crippen molar-refractivity contribution in [3.63, 3.8) is 0 Å². The van der Waals surface area contributed by atoms with Gasteiger partial charge in [-0.3, -0.25) is 9.59 Å². The van der Waals surface area contributed by atoms with E-state index in [0.717, 1.165) is 25.2 Å². The van der Waals surface area contributed by atoms with Crippen molar-refractivity contribution in [3.8, 4) is 0 Å². The van der Waals surface area contributed by atoms with Crippen LogP contribution in [0.2, 0.25) is 0 Å². The van der Waals surface area contributed by atoms with Crippen LogP contribution in [0.4, 0.5) is 0 Å². The summed E-state index contributed by atoms with van der Waals surface area (Å²) in [5, 5.41) is 45.3. The molecule has 0 aromatic heterocycles. The fraction of sp³-hybridized carbons (Fsp3) is 0.870. The zero-order valence-corrected chi connectivity index (χ0v) is 42.0. The quantitative estimate of drug-likeness (QED) is 0.109. The fourth-order valence-electron chi connectivity index (χ4n) is 10.0. The SMILES string of the molecule is CC[C@H]1OC(=O)C[C@@H](O)[C@H](C)[C@@H](O[C@@H]2O[C@H](C)[C@@H](O)[C@H](N(C)C)[C@H]2O)C(CCN2C[C@H](C)C[C@H](C)C2)C[C@@H](C)C(=O)/C=C/C(C)=C/[C@@H]1CO[C@@H]1O[C@H](C)[C@@H](O)[C@@H](OC)[C@H]1OC.O=P(O)(O)O. The minimum Gasteiger partial charge on any atom is -0.462 e. The number of ether oxygens (including phenoxy) is 7. The van der Waals surface area contributed by atoms with Gasteiger partial charge >= 0.3 is 13.8 Å². The summed E-state index contributed by atoms with van der Waals surface area (Å²) >= 11 is 0. The number of rotatable bonds is 12. The number of methoxy groups -OCH3 is 2. The first kappa shape index (κ1) is 58.6. The van der Waals surface area contributed by atoms with Crippen molar-refractivity contribution in [2.45, 2.75) is 167 Å². The van der Waals surface area contributed by atoms with E-state index in [2.05, 4.69) is 18.7 Å². The molecule has 4 heterocycles. The highest BCUT2D eigenvalue weighted by atomic mass is 31.2. The zero-order valence-electron chi connectivity index (χ0n) is 41.1. The molecule has 0 bridgehead atoms. The number of phosphoric acid groups is 1. The molecule has 0 amide bonds. The van der Waals surface area contributed by atoms with E-state index in [4.69, 9.17) is 52.4 Å². The smallest absolute Gasteiger partial charge is 0.462 e. The van der Waals surface area contributed by atoms with E-state index in [0.29, 0.717) is 31.1 Å². The number of cyclic esters (lactones) is 1. The van der Waals surface area contributed by atoms with Crippen LogP contribution >= 0.6 is 7.82 Å². The van der Waals surface area contributed by atoms with Crippen LogP contribution < -0.4 is 0 Å². The molecule has 0 saturated carbocycles. The van der Waals surface area contributed by atoms with Gasteiger partial charge in [-0.05, 0) is 90.9 Å². The van der Waals surface area contributed by atoms with E-state index >= 15 is 0 Å². The Kier molecular flexibility index (Phi) is 24.0. The van der Waals surface area contributed by atoms with Crippen LogP contribution in [0.25, 0.3) is 0 Å². The van der Waals surface area contributed by atoms with Crippen LogP contribution in [0, 0.1) is 35.5 Å². The average Bonchev–Trinajstić information content (AvgIpc) is 3.22. The van der Waals surface area contributed by atoms with Gasteiger partial charge in [-0.25, -0.2) is 4.57 Å². The third kappa shape index (κ3) is 17.6. The van der Waals surface area contributed by atoms with Crippen molar-refractivity contribution >= 4 is 19.6 Å². The second-order valence-electron chi connectivity index (χ2n) is 19.5. The summed E-state index contributed by atoms with van der Waals surface area (Å²) in [4.78, 5) is 53.6. The molecule has 4 rings (SSSR count). The molecule has 3 fully saturated rings. The van der Waals surface area contributed by atoms with Crippen LogP contribution in [-0.2, 0) is 47.3 Å². The maximum absolute atomic E-state index is 14.0. The van der Waals surface area contributed by atoms with Gasteiger partial charge in [0, 0.05) is 45.1 Å². The van der Waals surface area contributed by atoms with Gasteiger partial charge in [0.25, 0.3) is 0 Å². The van der Waals surface area contributed by atoms with Gasteiger partial charge in [-0.1, -0.05) is 52.3 Å². The van der Waals surface area contributed by atoms with Crippen LogP contribution in [0.1, 0.15) is 87.5 Å². The molecule has 384 valence electrons. The Labute approximate surface area is 392 Å². The van der Waals surface area contributed by atoms with E-state index in [1.807, 2.05) is 33.8 Å². The number of hydrogen-bond acceptors (Lipinski definition) is 16. The van der Waals surface area contributed by atoms with Gasteiger partial charge in [0.2, 0.25) is 0 Å². The molecule has 4 aliphatic heterocycles. The third-order valence-corrected chi connectivity index (χ3v) is 13.5. The summed E-state index contributed by atoms with van der Waals surface area (Å²) in [6, 6.07) is -0.684. The normalized spacial score (nSPS) is 41.9. The summed E-state index contributed by atoms with van der Waals surface area (Å²) in [6.45, 7) is 18.2. The second kappa shape index (κ2) is 27.0. The first-order valence-electron chi connectivity index (χ1n) is 23.4. The van der Waals surface area contributed by atoms with E-state index < -0.39 is 111 Å². The number of esters is 1. The minimum absolute atomic E-state index is 0.0427. The average molecular weight is 967 g/mol. The molecule has 66 heavy (non-hydrogen) atoms. The molecule has 0 aromatic rings. The van der Waals surface area contributed by atoms with Crippen LogP contribution in [0.5, 0.6) is 0 Å². The largest absolute Gasteiger partial charge is 0.466 e. The highest BCUT2D eigenvalue weighted by Crippen LogP contribution is 2.36. The Hall–Kier alpha value is -1.75. The van der Waals surface area contributed by atoms with Crippen molar-refractivity contribution in [2.24, 2.45) is 35.5 Å². The number of aliphatic hydroxyl groups is 4. The number of likely N-dealkylation sites (N-methyl/N-ethyl adjacent to an activating group) is 1. The van der Waals surface area contributed by atoms with Gasteiger partial charge in [0.15, 0.2) is 18.4 Å². The summed E-state index contributed by atoms with van der Waals surface area (Å²) in [5.74, 6) is -1.46. The first-order valence-corrected chi connectivity index (χ1v) is 25.0. The Balaban J connectivity index is 0.00000219. The Bertz CT molecular complexity index is 1580. The molecule has 3 saturated heterocycles. The Morgan fingerprint density at radius 3 is 1.95 bits per heavy atom. The van der Waals surface area contributed by atoms with Crippen LogP contribution in [-0.4, -0.2) is 191 Å². The monoisotopic (exact) mass is 967 g/mol. The fourth-order valence-corrected chi connectivity index (χ4v) is 10.0. The maximum Gasteiger partial charge on any atom is 0.466 e. The van der Waals surface area contributed by atoms with Crippen molar-refractivity contribution in [2.75, 3.05) is 54.6 Å². The second-order valence-corrected chi connectivity index (χ2v) is 20.5. The lowest BCUT2D eigenvalue weighted by Crippen LogP contribution is -2.63. The lowest BCUT2D eigenvalue weighted by Gasteiger charge is -2.47. The molecule has 1 unspecified atom stereocenters. The Morgan fingerprint density at radius 2 is 1.39 bits per heavy atom. The number of piperidine rings is 1. The number of carbonyl (C=O) groups excluding carboxylic acids is 2. The van der Waals surface area contributed by atoms with E-state index in [1.165, 1.54) is 20.6 Å². The van der Waals surface area contributed by atoms with Gasteiger partial charge in [0.05, 0.1) is 49.6 Å². The Morgan fingerprint density at radius 1 is 0.818 bits per heavy atom. The molecule has 0 aliphatic carbocycles. The predicted octanol–water partition coefficient (Wildman–Crippen LogP) is 2.41. The molecule has 19 nitrogen and oxygen atoms in total. The third-order valence-electron chi connectivity index (χ3n) is 13.5. The predicted molar refractivity (Wildman–Crippen MR) is 243 cm³/mol. The number of nitrogens with zero attached hydrogens (tertiary/aromatic N) is 2. The number of ketones is 1. The number of allylic oxidation sites excluding steroid dienone is 3. The summed E-state index contributed by atoms with van der Waals surface area (Å²) in [7, 11) is 1.90. The van der Waals surface area contributed by atoms with Crippen molar-refractivity contribution in [1.29, 1.82) is 0 Å². The maximum atomic E-state index is 14.0. The van der Waals surface area contributed by atoms with E-state index in [1.54, 1.807) is 45.0 Å². The number of likely N-dealkylation sites (tertiary alicyclic amines) is 1. The summed E-state index contributed by atoms with van der Waals surface area (Å²) < 4.78 is 51.5. The molecule has 19 atom stereocenters. The van der Waals surface area contributed by atoms with Crippen molar-refractivity contribution < 1.29 is 82.4 Å². The standard InChI is InChI=1S/C46H80N2O13.H3O4P/c1-13-36-33(24-57-46-44(56-12)43(55-11)40(53)31(8)59-46)19-25(2)14-15-34(49)28(5)20-32(16-17-48-22-26(3)18-27(4)23-48)42(29(6)35(50)21-37(51)60-36)61-45-41(54)38(47(9)10)39(52)30(7)58-45;1-5(2,3)4/h14-15,19,26-33,35-36,38-46,50,52-54H,13,16-18,20-24H2,1-12H3;(H3,1,2,3,4)/b15-14+,25-19+;/t26-,27+,28-,29+,30-,31-,32?,33-,35-,36-,38+,39-,40-,41-,42-,43-,44-,45+,46-;/m1./s1. The van der Waals surface area contributed by atoms with Crippen LogP contribution in [0.3, 0.4) is 0 Å². The molecular formula is C46H83N2O17P. The lowest BCUT2D eigenvalue weighted by molar-refractivity contribution is -0.304. The molecule has 0 radical (unpaired) electrons. The van der Waals surface area contributed by atoms with Gasteiger partial charge in [-0.15, -0.1) is 0 Å². The van der Waals surface area contributed by atoms with Crippen molar-refractivity contribution in [1.82, 2.24) is 9.80 Å². The van der Waals surface area contributed by atoms with Gasteiger partial charge in [-0.2, -0.15) is 0 Å². The van der Waals surface area contributed by atoms with Crippen LogP contribution in [0.15, 0.2) is 23.8 Å². The molecule has 7 N–H and O–H groups in total. The van der Waals surface area contributed by atoms with Crippen molar-refractivity contribution in [3.05, 3.63) is 23.8 Å². The molecule has 0 spiro atoms. The van der Waals surface area contributed by atoms with E-state index in [-0.39, 0.29) is 24.7 Å². The first-order chi connectivity index (χ1) is 30.8. The highest BCUT2D eigenvalue weighted by Gasteiger charge is 2.48. The minimum atomic E-state index is -4.64. The lowest BCUT2D eigenvalue weighted by atomic mass is 9.79. The van der Waals surface area contributed by atoms with Gasteiger partial charge < -0.3 is 78.1 Å². The molecular weight excluding hydrogens is 883 g/mol. The highest BCUT2D eigenvalue weighted by molar-refractivity contribution is 7.45. The molecule has 4 aliphatic rings. The number of aliphatic hydroxyl groups excluding tert-OH is 4. The van der Waals surface area contributed by atoms with E-state index in [9.17, 15) is 30.0 Å². The molecule has 0 aromatic carbocycles. The molecule has 20 heteroatoms. The summed E-state index contributed by atoms with van der Waals surface area (Å²) in [5.41, 5.74) is 0.761. The number of carbonyl (C=O) groups is 2. The number of hydrogen-bond donors (Lipinski definition) is 7. The topological polar surface area (TPSA) is 264 Å². The zero-order chi connectivity index (χ0) is 49.8. The van der Waals surface area contributed by atoms with Gasteiger partial charge in [0.1, 0.15) is 30.5 Å². The summed E-state index contributed by atoms with van der Waals surface area (Å²) in [6.07, 6.45) is -2.96.